The molecule has 6 nitrogen and oxygen atoms in total. The van der Waals surface area contributed by atoms with Gasteiger partial charge in [-0.25, -0.2) is 14.4 Å². The fraction of sp³-hybridized carbons (Fsp3) is 0.500. The molecule has 0 bridgehead atoms. The first-order valence-corrected chi connectivity index (χ1v) is 6.36. The van der Waals surface area contributed by atoms with E-state index in [9.17, 15) is 14.4 Å². The van der Waals surface area contributed by atoms with Crippen molar-refractivity contribution in [3.8, 4) is 0 Å². The lowest BCUT2D eigenvalue weighted by Crippen LogP contribution is -2.12. The normalized spacial score (nSPS) is 11.8. The Bertz CT molecular complexity index is 372. The van der Waals surface area contributed by atoms with E-state index in [4.69, 9.17) is 14.6 Å². The number of esters is 2. The smallest absolute Gasteiger partial charge is 0.331 e. The molecule has 0 rings (SSSR count). The van der Waals surface area contributed by atoms with Crippen LogP contribution in [0.3, 0.4) is 0 Å². The van der Waals surface area contributed by atoms with Gasteiger partial charge in [-0.1, -0.05) is 6.58 Å². The van der Waals surface area contributed by atoms with E-state index >= 15 is 0 Å². The number of unbranched alkanes of at least 4 members (excludes halogenated alkanes) is 2. The fourth-order valence-corrected chi connectivity index (χ4v) is 1.38. The number of aliphatic carboxylic acids is 1. The second-order valence-corrected chi connectivity index (χ2v) is 4.14. The first kappa shape index (κ1) is 17.9. The van der Waals surface area contributed by atoms with Crippen molar-refractivity contribution in [3.63, 3.8) is 0 Å². The molecule has 0 aliphatic heterocycles. The van der Waals surface area contributed by atoms with E-state index in [2.05, 4.69) is 6.58 Å². The van der Waals surface area contributed by atoms with E-state index in [1.807, 2.05) is 0 Å². The van der Waals surface area contributed by atoms with Gasteiger partial charge in [0.25, 0.3) is 0 Å². The van der Waals surface area contributed by atoms with Gasteiger partial charge in [0.1, 0.15) is 0 Å². The Kier molecular flexibility index (Phi) is 9.64. The maximum atomic E-state index is 11.0. The predicted molar refractivity (Wildman–Crippen MR) is 72.0 cm³/mol. The summed E-state index contributed by atoms with van der Waals surface area (Å²) in [4.78, 5) is 32.0. The highest BCUT2D eigenvalue weighted by Crippen LogP contribution is 2.07. The van der Waals surface area contributed by atoms with Crippen LogP contribution >= 0.6 is 0 Å². The zero-order valence-electron chi connectivity index (χ0n) is 11.5. The van der Waals surface area contributed by atoms with Crippen molar-refractivity contribution in [1.29, 1.82) is 0 Å². The van der Waals surface area contributed by atoms with Crippen LogP contribution in [-0.4, -0.2) is 35.7 Å². The number of carboxylic acid groups (broad SMARTS) is 1. The number of ether oxygens (including phenoxy) is 2. The average Bonchev–Trinajstić information content (AvgIpc) is 2.40. The summed E-state index contributed by atoms with van der Waals surface area (Å²) in [5, 5.41) is 8.30. The minimum atomic E-state index is -1.19. The molecular formula is C14H20O6. The number of hydrogen-bond donors (Lipinski definition) is 1. The molecule has 0 saturated carbocycles. The van der Waals surface area contributed by atoms with E-state index in [1.54, 1.807) is 6.92 Å². The van der Waals surface area contributed by atoms with E-state index in [1.165, 1.54) is 0 Å². The summed E-state index contributed by atoms with van der Waals surface area (Å²) in [5.74, 6) is -2.29. The lowest BCUT2D eigenvalue weighted by Gasteiger charge is -2.11. The maximum absolute atomic E-state index is 11.0. The third-order valence-electron chi connectivity index (χ3n) is 2.35. The van der Waals surface area contributed by atoms with Gasteiger partial charge in [-0.05, 0) is 32.6 Å². The number of carboxylic acids is 1. The van der Waals surface area contributed by atoms with Crippen molar-refractivity contribution >= 4 is 17.9 Å². The Morgan fingerprint density at radius 3 is 2.45 bits per heavy atom. The molecule has 0 aliphatic carbocycles. The van der Waals surface area contributed by atoms with Crippen LogP contribution < -0.4 is 0 Å². The first-order chi connectivity index (χ1) is 9.45. The summed E-state index contributed by atoms with van der Waals surface area (Å²) in [5.41, 5.74) is 0. The molecule has 0 saturated heterocycles. The fourth-order valence-electron chi connectivity index (χ4n) is 1.38. The van der Waals surface area contributed by atoms with Crippen molar-refractivity contribution in [2.45, 2.75) is 38.7 Å². The summed E-state index contributed by atoms with van der Waals surface area (Å²) in [6.07, 6.45) is 5.64. The zero-order valence-corrected chi connectivity index (χ0v) is 11.5. The Morgan fingerprint density at radius 1 is 1.15 bits per heavy atom. The predicted octanol–water partition coefficient (Wildman–Crippen LogP) is 1.85. The van der Waals surface area contributed by atoms with Gasteiger partial charge in [0.05, 0.1) is 12.7 Å². The van der Waals surface area contributed by atoms with Gasteiger partial charge in [0.2, 0.25) is 0 Å². The van der Waals surface area contributed by atoms with Crippen LogP contribution in [0.15, 0.2) is 24.8 Å². The molecule has 0 amide bonds. The monoisotopic (exact) mass is 284 g/mol. The van der Waals surface area contributed by atoms with Gasteiger partial charge in [-0.3, -0.25) is 0 Å². The van der Waals surface area contributed by atoms with Crippen LogP contribution in [0.1, 0.15) is 32.6 Å². The molecule has 0 radical (unpaired) electrons. The SMILES string of the molecule is C=CC(=O)OC(C)CCCCCOC(=O)/C=C\C(=O)O. The van der Waals surface area contributed by atoms with Gasteiger partial charge in [-0.2, -0.15) is 0 Å². The quantitative estimate of drug-likeness (QED) is 0.374. The lowest BCUT2D eigenvalue weighted by molar-refractivity contribution is -0.142. The van der Waals surface area contributed by atoms with Crippen molar-refractivity contribution in [2.75, 3.05) is 6.61 Å². The van der Waals surface area contributed by atoms with E-state index in [0.29, 0.717) is 6.42 Å². The Balaban J connectivity index is 3.53. The molecule has 1 atom stereocenters. The summed E-state index contributed by atoms with van der Waals surface area (Å²) < 4.78 is 9.79. The average molecular weight is 284 g/mol. The van der Waals surface area contributed by atoms with E-state index in [0.717, 1.165) is 37.5 Å². The maximum Gasteiger partial charge on any atom is 0.331 e. The largest absolute Gasteiger partial charge is 0.478 e. The van der Waals surface area contributed by atoms with Crippen molar-refractivity contribution in [3.05, 3.63) is 24.8 Å². The number of hydrogen-bond acceptors (Lipinski definition) is 5. The van der Waals surface area contributed by atoms with Crippen LogP contribution in [0.4, 0.5) is 0 Å². The van der Waals surface area contributed by atoms with Crippen LogP contribution in [0.5, 0.6) is 0 Å². The number of carbonyl (C=O) groups excluding carboxylic acids is 2. The van der Waals surface area contributed by atoms with Crippen molar-refractivity contribution < 1.29 is 29.0 Å². The molecule has 0 fully saturated rings. The third-order valence-corrected chi connectivity index (χ3v) is 2.35. The molecule has 112 valence electrons. The first-order valence-electron chi connectivity index (χ1n) is 6.36. The van der Waals surface area contributed by atoms with Crippen LogP contribution in [-0.2, 0) is 23.9 Å². The summed E-state index contributed by atoms with van der Waals surface area (Å²) in [6.45, 7) is 5.36. The summed E-state index contributed by atoms with van der Waals surface area (Å²) in [7, 11) is 0. The molecule has 0 spiro atoms. The second kappa shape index (κ2) is 10.8. The summed E-state index contributed by atoms with van der Waals surface area (Å²) in [6, 6.07) is 0. The highest BCUT2D eigenvalue weighted by atomic mass is 16.5. The highest BCUT2D eigenvalue weighted by Gasteiger charge is 2.06. The number of rotatable bonds is 10. The highest BCUT2D eigenvalue weighted by molar-refractivity contribution is 5.90. The molecule has 0 aromatic carbocycles. The molecule has 0 heterocycles. The van der Waals surface area contributed by atoms with Crippen molar-refractivity contribution in [2.24, 2.45) is 0 Å². The zero-order chi connectivity index (χ0) is 15.4. The Hall–Kier alpha value is -2.11. The van der Waals surface area contributed by atoms with Gasteiger partial charge < -0.3 is 14.6 Å². The molecule has 20 heavy (non-hydrogen) atoms. The molecule has 0 aromatic heterocycles. The molecular weight excluding hydrogens is 264 g/mol. The van der Waals surface area contributed by atoms with Crippen LogP contribution in [0, 0.1) is 0 Å². The summed E-state index contributed by atoms with van der Waals surface area (Å²) >= 11 is 0. The van der Waals surface area contributed by atoms with Gasteiger partial charge in [0.15, 0.2) is 0 Å². The second-order valence-electron chi connectivity index (χ2n) is 4.14. The van der Waals surface area contributed by atoms with Crippen molar-refractivity contribution in [1.82, 2.24) is 0 Å². The lowest BCUT2D eigenvalue weighted by atomic mass is 10.1. The van der Waals surface area contributed by atoms with Crippen LogP contribution in [0.25, 0.3) is 0 Å². The topological polar surface area (TPSA) is 89.9 Å². The Morgan fingerprint density at radius 2 is 1.85 bits per heavy atom. The molecule has 0 aromatic rings. The third kappa shape index (κ3) is 11.0. The molecule has 6 heteroatoms. The van der Waals surface area contributed by atoms with E-state index < -0.39 is 17.9 Å². The number of carbonyl (C=O) groups is 3. The van der Waals surface area contributed by atoms with Crippen LogP contribution in [0.2, 0.25) is 0 Å². The standard InChI is InChI=1S/C14H20O6/c1-3-13(17)20-11(2)7-5-4-6-10-19-14(18)9-8-12(15)16/h3,8-9,11H,1,4-7,10H2,2H3,(H,15,16)/b9-8-. The Labute approximate surface area is 118 Å². The van der Waals surface area contributed by atoms with Gasteiger partial charge in [-0.15, -0.1) is 0 Å². The molecule has 1 N–H and O–H groups in total. The van der Waals surface area contributed by atoms with Gasteiger partial charge >= 0.3 is 17.9 Å². The molecule has 1 unspecified atom stereocenters. The van der Waals surface area contributed by atoms with E-state index in [-0.39, 0.29) is 12.7 Å². The minimum Gasteiger partial charge on any atom is -0.478 e. The molecule has 0 aliphatic rings. The van der Waals surface area contributed by atoms with Gasteiger partial charge in [0, 0.05) is 18.2 Å². The minimum absolute atomic E-state index is 0.165.